The predicted molar refractivity (Wildman–Crippen MR) is 107 cm³/mol. The van der Waals surface area contributed by atoms with Crippen molar-refractivity contribution >= 4 is 27.5 Å². The zero-order valence-electron chi connectivity index (χ0n) is 16.0. The third-order valence-electron chi connectivity index (χ3n) is 4.99. The maximum atomic E-state index is 11.5. The fraction of sp³-hybridized carbons (Fsp3) is 0.450. The first-order valence-electron chi connectivity index (χ1n) is 9.17. The Morgan fingerprint density at radius 2 is 2.15 bits per heavy atom. The average Bonchev–Trinajstić information content (AvgIpc) is 3.33. The number of fused-ring (bicyclic) bond motifs is 1. The first-order valence-corrected chi connectivity index (χ1v) is 10.1. The van der Waals surface area contributed by atoms with E-state index in [1.807, 2.05) is 23.3 Å². The number of thiazole rings is 1. The Kier molecular flexibility index (Phi) is 4.42. The van der Waals surface area contributed by atoms with Crippen molar-refractivity contribution in [3.8, 4) is 16.9 Å². The van der Waals surface area contributed by atoms with E-state index in [0.29, 0.717) is 13.0 Å². The second-order valence-corrected chi connectivity index (χ2v) is 8.97. The van der Waals surface area contributed by atoms with E-state index in [9.17, 15) is 4.79 Å². The summed E-state index contributed by atoms with van der Waals surface area (Å²) in [5.41, 5.74) is 4.76. The van der Waals surface area contributed by atoms with Crippen molar-refractivity contribution in [3.05, 3.63) is 30.0 Å². The van der Waals surface area contributed by atoms with Crippen molar-refractivity contribution in [2.24, 2.45) is 5.92 Å². The smallest absolute Gasteiger partial charge is 0.220 e. The minimum absolute atomic E-state index is 0.0539. The molecular formula is C20H24N4O2S. The number of amides is 1. The van der Waals surface area contributed by atoms with Gasteiger partial charge in [-0.05, 0) is 45.4 Å². The van der Waals surface area contributed by atoms with E-state index in [1.54, 1.807) is 11.3 Å². The highest BCUT2D eigenvalue weighted by atomic mass is 32.1. The third kappa shape index (κ3) is 3.56. The van der Waals surface area contributed by atoms with Gasteiger partial charge in [-0.3, -0.25) is 9.48 Å². The Balaban J connectivity index is 1.67. The fourth-order valence-electron chi connectivity index (χ4n) is 3.29. The zero-order valence-corrected chi connectivity index (χ0v) is 16.8. The lowest BCUT2D eigenvalue weighted by Crippen LogP contribution is -2.25. The number of ether oxygens (including phenoxy) is 1. The van der Waals surface area contributed by atoms with Gasteiger partial charge in [0, 0.05) is 30.6 Å². The van der Waals surface area contributed by atoms with Crippen molar-refractivity contribution in [2.45, 2.75) is 45.8 Å². The number of nitrogens with zero attached hydrogens (tertiary/aromatic N) is 3. The number of rotatable bonds is 4. The summed E-state index contributed by atoms with van der Waals surface area (Å²) in [5.74, 6) is 1.11. The summed E-state index contributed by atoms with van der Waals surface area (Å²) in [4.78, 5) is 16.0. The highest BCUT2D eigenvalue weighted by Gasteiger charge is 2.28. The molecule has 3 aromatic rings. The number of carbonyl (C=O) groups is 1. The van der Waals surface area contributed by atoms with Crippen LogP contribution in [0.2, 0.25) is 0 Å². The molecule has 1 amide bonds. The molecule has 27 heavy (non-hydrogen) atoms. The summed E-state index contributed by atoms with van der Waals surface area (Å²) in [6.07, 6.45) is 4.40. The summed E-state index contributed by atoms with van der Waals surface area (Å²) in [7, 11) is 0. The van der Waals surface area contributed by atoms with Gasteiger partial charge in [-0.25, -0.2) is 4.98 Å². The van der Waals surface area contributed by atoms with Crippen molar-refractivity contribution in [2.75, 3.05) is 6.54 Å². The van der Waals surface area contributed by atoms with Crippen molar-refractivity contribution < 1.29 is 9.53 Å². The van der Waals surface area contributed by atoms with Crippen LogP contribution >= 0.6 is 11.3 Å². The molecule has 4 rings (SSSR count). The predicted octanol–water partition coefficient (Wildman–Crippen LogP) is 3.82. The third-order valence-corrected chi connectivity index (χ3v) is 5.84. The lowest BCUT2D eigenvalue weighted by molar-refractivity contribution is -0.119. The summed E-state index contributed by atoms with van der Waals surface area (Å²) >= 11 is 1.57. The second kappa shape index (κ2) is 6.64. The molecule has 0 bridgehead atoms. The Morgan fingerprint density at radius 3 is 2.81 bits per heavy atom. The molecule has 0 radical (unpaired) electrons. The van der Waals surface area contributed by atoms with Crippen molar-refractivity contribution in [1.82, 2.24) is 20.1 Å². The number of hydrogen-bond donors (Lipinski definition) is 1. The molecule has 0 aliphatic carbocycles. The first kappa shape index (κ1) is 18.0. The maximum Gasteiger partial charge on any atom is 0.220 e. The number of aromatic nitrogens is 3. The molecule has 1 fully saturated rings. The van der Waals surface area contributed by atoms with Gasteiger partial charge in [-0.1, -0.05) is 0 Å². The van der Waals surface area contributed by atoms with E-state index in [4.69, 9.17) is 4.74 Å². The van der Waals surface area contributed by atoms with Crippen LogP contribution in [0.1, 0.15) is 34.1 Å². The number of hydrogen-bond acceptors (Lipinski definition) is 5. The zero-order chi connectivity index (χ0) is 19.2. The molecule has 6 nitrogen and oxygen atoms in total. The number of benzene rings is 1. The highest BCUT2D eigenvalue weighted by Crippen LogP contribution is 2.36. The normalized spacial score (nSPS) is 18.7. The minimum Gasteiger partial charge on any atom is -0.489 e. The van der Waals surface area contributed by atoms with Gasteiger partial charge in [0.25, 0.3) is 0 Å². The van der Waals surface area contributed by atoms with E-state index < -0.39 is 0 Å². The topological polar surface area (TPSA) is 69.0 Å². The molecule has 142 valence electrons. The average molecular weight is 385 g/mol. The van der Waals surface area contributed by atoms with Gasteiger partial charge in [-0.15, -0.1) is 11.3 Å². The molecule has 7 heteroatoms. The first-order chi connectivity index (χ1) is 12.8. The molecule has 1 N–H and O–H groups in total. The van der Waals surface area contributed by atoms with Crippen LogP contribution in [0.25, 0.3) is 21.3 Å². The molecule has 0 spiro atoms. The molecule has 1 saturated heterocycles. The highest BCUT2D eigenvalue weighted by molar-refractivity contribution is 7.17. The van der Waals surface area contributed by atoms with Crippen molar-refractivity contribution in [1.29, 1.82) is 0 Å². The van der Waals surface area contributed by atoms with Gasteiger partial charge in [0.1, 0.15) is 11.9 Å². The molecule has 2 aromatic heterocycles. The fourth-order valence-corrected chi connectivity index (χ4v) is 4.01. The largest absolute Gasteiger partial charge is 0.489 e. The van der Waals surface area contributed by atoms with Crippen LogP contribution in [-0.4, -0.2) is 33.3 Å². The van der Waals surface area contributed by atoms with Crippen LogP contribution in [0.15, 0.2) is 30.0 Å². The molecule has 1 aromatic carbocycles. The van der Waals surface area contributed by atoms with Gasteiger partial charge < -0.3 is 10.1 Å². The molecule has 2 unspecified atom stereocenters. The van der Waals surface area contributed by atoms with Crippen LogP contribution in [0.5, 0.6) is 5.75 Å². The molecule has 3 heterocycles. The van der Waals surface area contributed by atoms with Gasteiger partial charge in [0.05, 0.1) is 27.5 Å². The van der Waals surface area contributed by atoms with E-state index in [-0.39, 0.29) is 23.5 Å². The van der Waals surface area contributed by atoms with Crippen LogP contribution in [0, 0.1) is 5.92 Å². The number of carbonyl (C=O) groups excluding carboxylic acids is 1. The molecule has 1 aliphatic rings. The van der Waals surface area contributed by atoms with Crippen LogP contribution in [-0.2, 0) is 10.3 Å². The SMILES string of the molecule is CC(Oc1cc(-c2cnn(C(C)(C)C)c2)cc2ncsc12)C1CNC(=O)C1. The monoisotopic (exact) mass is 384 g/mol. The Morgan fingerprint density at radius 1 is 1.33 bits per heavy atom. The summed E-state index contributed by atoms with van der Waals surface area (Å²) in [6, 6.07) is 4.14. The Hall–Kier alpha value is -2.41. The van der Waals surface area contributed by atoms with Gasteiger partial charge in [0.15, 0.2) is 0 Å². The van der Waals surface area contributed by atoms with Crippen molar-refractivity contribution in [3.63, 3.8) is 0 Å². The molecular weight excluding hydrogens is 360 g/mol. The van der Waals surface area contributed by atoms with E-state index in [2.05, 4.69) is 54.5 Å². The lowest BCUT2D eigenvalue weighted by atomic mass is 10.0. The lowest BCUT2D eigenvalue weighted by Gasteiger charge is -2.20. The Labute approximate surface area is 162 Å². The molecule has 0 saturated carbocycles. The van der Waals surface area contributed by atoms with Gasteiger partial charge in [-0.2, -0.15) is 5.10 Å². The quantitative estimate of drug-likeness (QED) is 0.742. The van der Waals surface area contributed by atoms with E-state index in [0.717, 1.165) is 27.1 Å². The van der Waals surface area contributed by atoms with Gasteiger partial charge in [0.2, 0.25) is 5.91 Å². The standard InChI is InChI=1S/C20H24N4O2S/c1-12(14-7-18(25)21-8-14)26-17-6-13(5-16-19(17)27-11-22-16)15-9-23-24(10-15)20(2,3)4/h5-6,9-12,14H,7-8H2,1-4H3,(H,21,25). The van der Waals surface area contributed by atoms with Gasteiger partial charge >= 0.3 is 0 Å². The van der Waals surface area contributed by atoms with Crippen LogP contribution in [0.3, 0.4) is 0 Å². The van der Waals surface area contributed by atoms with E-state index >= 15 is 0 Å². The van der Waals surface area contributed by atoms with Crippen LogP contribution in [0.4, 0.5) is 0 Å². The summed E-state index contributed by atoms with van der Waals surface area (Å²) < 4.78 is 9.30. The Bertz CT molecular complexity index is 985. The van der Waals surface area contributed by atoms with E-state index in [1.165, 1.54) is 0 Å². The molecule has 2 atom stereocenters. The number of nitrogens with one attached hydrogen (secondary N) is 1. The van der Waals surface area contributed by atoms with Crippen LogP contribution < -0.4 is 10.1 Å². The minimum atomic E-state index is -0.0706. The molecule has 1 aliphatic heterocycles. The maximum absolute atomic E-state index is 11.5. The second-order valence-electron chi connectivity index (χ2n) is 8.11. The summed E-state index contributed by atoms with van der Waals surface area (Å²) in [6.45, 7) is 9.08. The summed E-state index contributed by atoms with van der Waals surface area (Å²) in [5, 5.41) is 7.39.